The van der Waals surface area contributed by atoms with E-state index in [1.165, 1.54) is 5.56 Å². The Morgan fingerprint density at radius 1 is 1.33 bits per heavy atom. The van der Waals surface area contributed by atoms with Crippen LogP contribution < -0.4 is 0 Å². The number of Topliss-reactive ketones (excluding diaryl/α,β-unsaturated/α-hetero) is 1. The molecule has 1 aromatic carbocycles. The number of hydrogen-bond acceptors (Lipinski definition) is 2. The van der Waals surface area contributed by atoms with Crippen molar-refractivity contribution in [3.63, 3.8) is 0 Å². The zero-order valence-corrected chi connectivity index (χ0v) is 13.7. The maximum absolute atomic E-state index is 12.9. The fourth-order valence-electron chi connectivity index (χ4n) is 2.96. The number of nitrogens with zero attached hydrogens (tertiary/aromatic N) is 1. The summed E-state index contributed by atoms with van der Waals surface area (Å²) in [6.07, 6.45) is 1.66. The molecule has 2 heterocycles. The summed E-state index contributed by atoms with van der Waals surface area (Å²) >= 11 is 0. The van der Waals surface area contributed by atoms with Gasteiger partial charge in [0.25, 0.3) is 0 Å². The number of alkyl halides is 1. The Kier molecular flexibility index (Phi) is 7.03. The molecule has 21 heavy (non-hydrogen) atoms. The summed E-state index contributed by atoms with van der Waals surface area (Å²) in [6.45, 7) is 9.11. The molecule has 0 N–H and O–H groups in total. The zero-order chi connectivity index (χ0) is 15.9. The molecule has 2 nitrogen and oxygen atoms in total. The number of halogens is 1. The Hall–Kier alpha value is -1.22. The van der Waals surface area contributed by atoms with Crippen LogP contribution in [-0.2, 0) is 11.2 Å². The van der Waals surface area contributed by atoms with E-state index in [1.807, 2.05) is 24.8 Å². The molecule has 0 bridgehead atoms. The molecule has 0 aliphatic carbocycles. The number of fused-ring (bicyclic) bond motifs is 1. The normalized spacial score (nSPS) is 26.4. The van der Waals surface area contributed by atoms with Crippen molar-refractivity contribution >= 4 is 5.78 Å². The van der Waals surface area contributed by atoms with E-state index >= 15 is 0 Å². The lowest BCUT2D eigenvalue weighted by Gasteiger charge is -2.45. The summed E-state index contributed by atoms with van der Waals surface area (Å²) in [5.41, 5.74) is 1.03. The predicted molar refractivity (Wildman–Crippen MR) is 86.3 cm³/mol. The summed E-state index contributed by atoms with van der Waals surface area (Å²) < 4.78 is 12.9. The van der Waals surface area contributed by atoms with E-state index in [2.05, 4.69) is 31.2 Å². The van der Waals surface area contributed by atoms with E-state index in [-0.39, 0.29) is 11.3 Å². The monoisotopic (exact) mass is 293 g/mol. The molecular weight excluding hydrogens is 265 g/mol. The SMILES string of the molecule is CC.CC(=O)C12CCN1CC(F)C2.CCc1ccccc1. The third-order valence-corrected chi connectivity index (χ3v) is 4.28. The third kappa shape index (κ3) is 4.13. The number of carbonyl (C=O) groups is 1. The molecule has 0 amide bonds. The average Bonchev–Trinajstić information content (AvgIpc) is 2.74. The smallest absolute Gasteiger partial charge is 0.150 e. The highest BCUT2D eigenvalue weighted by Gasteiger charge is 2.55. The van der Waals surface area contributed by atoms with Crippen LogP contribution in [0.15, 0.2) is 30.3 Å². The molecule has 118 valence electrons. The first-order valence-corrected chi connectivity index (χ1v) is 8.02. The molecule has 2 unspecified atom stereocenters. The van der Waals surface area contributed by atoms with Gasteiger partial charge in [-0.1, -0.05) is 51.1 Å². The lowest BCUT2D eigenvalue weighted by atomic mass is 9.81. The predicted octanol–water partition coefficient (Wildman–Crippen LogP) is 4.04. The fraction of sp³-hybridized carbons (Fsp3) is 0.611. The van der Waals surface area contributed by atoms with Crippen molar-refractivity contribution in [3.8, 4) is 0 Å². The quantitative estimate of drug-likeness (QED) is 0.820. The fourth-order valence-corrected chi connectivity index (χ4v) is 2.96. The number of rotatable bonds is 2. The van der Waals surface area contributed by atoms with Crippen molar-refractivity contribution in [3.05, 3.63) is 35.9 Å². The number of benzene rings is 1. The van der Waals surface area contributed by atoms with E-state index in [9.17, 15) is 9.18 Å². The van der Waals surface area contributed by atoms with Crippen LogP contribution >= 0.6 is 0 Å². The Morgan fingerprint density at radius 3 is 2.24 bits per heavy atom. The van der Waals surface area contributed by atoms with Gasteiger partial charge in [-0.3, -0.25) is 9.69 Å². The van der Waals surface area contributed by atoms with Crippen LogP contribution in [0.4, 0.5) is 4.39 Å². The van der Waals surface area contributed by atoms with Gasteiger partial charge in [-0.05, 0) is 25.3 Å². The van der Waals surface area contributed by atoms with E-state index in [0.29, 0.717) is 13.0 Å². The summed E-state index contributed by atoms with van der Waals surface area (Å²) in [7, 11) is 0. The van der Waals surface area contributed by atoms with Gasteiger partial charge < -0.3 is 0 Å². The topological polar surface area (TPSA) is 20.3 Å². The van der Waals surface area contributed by atoms with Crippen molar-refractivity contribution < 1.29 is 9.18 Å². The summed E-state index contributed by atoms with van der Waals surface area (Å²) in [5, 5.41) is 0. The largest absolute Gasteiger partial charge is 0.298 e. The van der Waals surface area contributed by atoms with Gasteiger partial charge in [-0.25, -0.2) is 4.39 Å². The van der Waals surface area contributed by atoms with Gasteiger partial charge in [0.1, 0.15) is 12.0 Å². The Bertz CT molecular complexity index is 434. The second-order valence-electron chi connectivity index (χ2n) is 5.42. The molecule has 0 spiro atoms. The van der Waals surface area contributed by atoms with Crippen LogP contribution in [0.2, 0.25) is 0 Å². The molecule has 2 atom stereocenters. The van der Waals surface area contributed by atoms with E-state index < -0.39 is 6.17 Å². The maximum atomic E-state index is 12.9. The number of hydrogen-bond donors (Lipinski definition) is 0. The molecule has 0 aromatic heterocycles. The number of ketones is 1. The van der Waals surface area contributed by atoms with Gasteiger partial charge >= 0.3 is 0 Å². The Morgan fingerprint density at radius 2 is 1.95 bits per heavy atom. The molecule has 1 aromatic rings. The van der Waals surface area contributed by atoms with Gasteiger partial charge in [0.15, 0.2) is 0 Å². The molecule has 0 saturated carbocycles. The van der Waals surface area contributed by atoms with Crippen molar-refractivity contribution in [2.24, 2.45) is 0 Å². The Balaban J connectivity index is 0.000000196. The van der Waals surface area contributed by atoms with Crippen LogP contribution in [0, 0.1) is 0 Å². The summed E-state index contributed by atoms with van der Waals surface area (Å²) in [4.78, 5) is 13.1. The molecule has 2 fully saturated rings. The minimum atomic E-state index is -0.776. The molecule has 2 saturated heterocycles. The van der Waals surface area contributed by atoms with Gasteiger partial charge in [0.2, 0.25) is 0 Å². The van der Waals surface area contributed by atoms with Crippen LogP contribution in [0.5, 0.6) is 0 Å². The van der Waals surface area contributed by atoms with Crippen molar-refractivity contribution in [2.75, 3.05) is 13.1 Å². The van der Waals surface area contributed by atoms with Gasteiger partial charge in [-0.15, -0.1) is 0 Å². The second-order valence-corrected chi connectivity index (χ2v) is 5.42. The highest BCUT2D eigenvalue weighted by atomic mass is 19.1. The van der Waals surface area contributed by atoms with Crippen molar-refractivity contribution in [2.45, 2.75) is 58.7 Å². The standard InChI is InChI=1S/C8H12FNO.C8H10.C2H6/c1-6(11)8-2-3-10(8)5-7(9)4-8;1-2-8-6-4-3-5-7-8;1-2/h7H,2-5H2,1H3;3-7H,2H2,1H3;1-2H3. The minimum Gasteiger partial charge on any atom is -0.298 e. The number of aryl methyl sites for hydroxylation is 1. The molecule has 3 rings (SSSR count). The first kappa shape index (κ1) is 17.8. The molecular formula is C18H28FNO. The third-order valence-electron chi connectivity index (χ3n) is 4.28. The second kappa shape index (κ2) is 8.28. The van der Waals surface area contributed by atoms with Crippen molar-refractivity contribution in [1.82, 2.24) is 4.90 Å². The van der Waals surface area contributed by atoms with E-state index in [1.54, 1.807) is 6.92 Å². The first-order chi connectivity index (χ1) is 10.1. The van der Waals surface area contributed by atoms with Gasteiger partial charge in [-0.2, -0.15) is 0 Å². The molecule has 3 heteroatoms. The van der Waals surface area contributed by atoms with E-state index in [4.69, 9.17) is 0 Å². The zero-order valence-electron chi connectivity index (χ0n) is 13.7. The lowest BCUT2D eigenvalue weighted by Crippen LogP contribution is -2.59. The van der Waals surface area contributed by atoms with Crippen LogP contribution in [0.1, 0.15) is 46.1 Å². The van der Waals surface area contributed by atoms with Crippen molar-refractivity contribution in [1.29, 1.82) is 0 Å². The molecule has 2 aliphatic heterocycles. The molecule has 0 radical (unpaired) electrons. The summed E-state index contributed by atoms with van der Waals surface area (Å²) in [6, 6.07) is 10.5. The van der Waals surface area contributed by atoms with Crippen LogP contribution in [0.25, 0.3) is 0 Å². The average molecular weight is 293 g/mol. The molecule has 2 aliphatic rings. The van der Waals surface area contributed by atoms with E-state index in [0.717, 1.165) is 19.4 Å². The van der Waals surface area contributed by atoms with Crippen LogP contribution in [-0.4, -0.2) is 35.5 Å². The maximum Gasteiger partial charge on any atom is 0.150 e. The Labute approximate surface area is 128 Å². The van der Waals surface area contributed by atoms with Gasteiger partial charge in [0.05, 0.1) is 5.54 Å². The van der Waals surface area contributed by atoms with Crippen LogP contribution in [0.3, 0.4) is 0 Å². The number of carbonyl (C=O) groups excluding carboxylic acids is 1. The first-order valence-electron chi connectivity index (χ1n) is 8.02. The highest BCUT2D eigenvalue weighted by molar-refractivity contribution is 5.87. The lowest BCUT2D eigenvalue weighted by molar-refractivity contribution is -0.134. The van der Waals surface area contributed by atoms with Gasteiger partial charge in [0, 0.05) is 19.5 Å². The minimum absolute atomic E-state index is 0.143. The summed E-state index contributed by atoms with van der Waals surface area (Å²) in [5.74, 6) is 0.143. The highest BCUT2D eigenvalue weighted by Crippen LogP contribution is 2.42.